The summed E-state index contributed by atoms with van der Waals surface area (Å²) in [5, 5.41) is 0. The van der Waals surface area contributed by atoms with Gasteiger partial charge in [0.1, 0.15) is 11.9 Å². The topological polar surface area (TPSA) is 31.2 Å². The van der Waals surface area contributed by atoms with Crippen LogP contribution in [-0.2, 0) is 12.8 Å². The third kappa shape index (κ3) is 4.06. The van der Waals surface area contributed by atoms with Crippen LogP contribution in [0.5, 0.6) is 5.75 Å². The van der Waals surface area contributed by atoms with Gasteiger partial charge in [-0.2, -0.15) is 0 Å². The van der Waals surface area contributed by atoms with Gasteiger partial charge in [-0.3, -0.25) is 9.36 Å². The minimum absolute atomic E-state index is 0.172. The van der Waals surface area contributed by atoms with E-state index in [-0.39, 0.29) is 17.2 Å². The summed E-state index contributed by atoms with van der Waals surface area (Å²) in [6.45, 7) is 1.80. The molecule has 0 saturated heterocycles. The van der Waals surface area contributed by atoms with Crippen LogP contribution >= 0.6 is 0 Å². The van der Waals surface area contributed by atoms with E-state index < -0.39 is 12.5 Å². The highest BCUT2D eigenvalue weighted by atomic mass is 19.4. The zero-order chi connectivity index (χ0) is 21.5. The highest BCUT2D eigenvalue weighted by molar-refractivity contribution is 5.78. The summed E-state index contributed by atoms with van der Waals surface area (Å²) in [4.78, 5) is 13.1. The Hall–Kier alpha value is -2.83. The Morgan fingerprint density at radius 1 is 1.07 bits per heavy atom. The summed E-state index contributed by atoms with van der Waals surface area (Å²) in [5.41, 5.74) is 3.71. The van der Waals surface area contributed by atoms with Gasteiger partial charge < -0.3 is 4.74 Å². The van der Waals surface area contributed by atoms with Crippen LogP contribution in [0.2, 0.25) is 0 Å². The summed E-state index contributed by atoms with van der Waals surface area (Å²) in [5.74, 6) is -0.623. The lowest BCUT2D eigenvalue weighted by Gasteiger charge is -2.24. The van der Waals surface area contributed by atoms with Gasteiger partial charge in [-0.25, -0.2) is 4.39 Å². The van der Waals surface area contributed by atoms with Gasteiger partial charge in [-0.05, 0) is 67.2 Å². The van der Waals surface area contributed by atoms with Gasteiger partial charge in [0.15, 0.2) is 0 Å². The fraction of sp³-hybridized carbons (Fsp3) is 0.348. The lowest BCUT2D eigenvalue weighted by Crippen LogP contribution is -2.27. The summed E-state index contributed by atoms with van der Waals surface area (Å²) in [6, 6.07) is 5.22. The molecule has 2 aromatic rings. The molecule has 1 aromatic heterocycles. The van der Waals surface area contributed by atoms with Crippen LogP contribution in [0, 0.1) is 5.92 Å². The van der Waals surface area contributed by atoms with Gasteiger partial charge in [-0.15, -0.1) is 13.2 Å². The van der Waals surface area contributed by atoms with Crippen molar-refractivity contribution in [2.24, 2.45) is 5.92 Å². The molecule has 2 aliphatic rings. The normalized spacial score (nSPS) is 21.2. The van der Waals surface area contributed by atoms with E-state index in [2.05, 4.69) is 4.74 Å². The van der Waals surface area contributed by atoms with Crippen molar-refractivity contribution in [3.05, 3.63) is 75.7 Å². The molecular weight excluding hydrogens is 398 g/mol. The summed E-state index contributed by atoms with van der Waals surface area (Å²) in [7, 11) is 0. The number of aromatic nitrogens is 1. The first kappa shape index (κ1) is 20.4. The first-order valence-electron chi connectivity index (χ1n) is 9.91. The van der Waals surface area contributed by atoms with Gasteiger partial charge in [0.05, 0.1) is 0 Å². The van der Waals surface area contributed by atoms with Crippen molar-refractivity contribution in [1.29, 1.82) is 0 Å². The number of allylic oxidation sites excluding steroid dienone is 4. The third-order valence-electron chi connectivity index (χ3n) is 5.59. The summed E-state index contributed by atoms with van der Waals surface area (Å²) < 4.78 is 56.5. The van der Waals surface area contributed by atoms with Crippen LogP contribution in [0.4, 0.5) is 17.6 Å². The Morgan fingerprint density at radius 2 is 1.73 bits per heavy atom. The Morgan fingerprint density at radius 3 is 2.37 bits per heavy atom. The Kier molecular flexibility index (Phi) is 5.30. The molecule has 2 unspecified atom stereocenters. The molecule has 30 heavy (non-hydrogen) atoms. The first-order chi connectivity index (χ1) is 14.2. The van der Waals surface area contributed by atoms with Crippen LogP contribution < -0.4 is 10.3 Å². The smallest absolute Gasteiger partial charge is 0.406 e. The predicted molar refractivity (Wildman–Crippen MR) is 107 cm³/mol. The Balaban J connectivity index is 1.81. The van der Waals surface area contributed by atoms with Crippen LogP contribution in [-0.4, -0.2) is 17.1 Å². The average molecular weight is 419 g/mol. The molecule has 158 valence electrons. The molecule has 2 aliphatic carbocycles. The molecule has 0 N–H and O–H groups in total. The molecule has 0 amide bonds. The van der Waals surface area contributed by atoms with Gasteiger partial charge in [0.2, 0.25) is 0 Å². The molecule has 4 rings (SSSR count). The van der Waals surface area contributed by atoms with Crippen molar-refractivity contribution in [2.45, 2.75) is 45.1 Å². The third-order valence-corrected chi connectivity index (χ3v) is 5.59. The van der Waals surface area contributed by atoms with Crippen molar-refractivity contribution in [2.75, 3.05) is 0 Å². The number of hydrogen-bond acceptors (Lipinski definition) is 2. The lowest BCUT2D eigenvalue weighted by molar-refractivity contribution is -0.274. The van der Waals surface area contributed by atoms with E-state index in [4.69, 9.17) is 0 Å². The number of rotatable bonds is 3. The van der Waals surface area contributed by atoms with Crippen LogP contribution in [0.3, 0.4) is 0 Å². The van der Waals surface area contributed by atoms with E-state index in [1.54, 1.807) is 19.2 Å². The number of pyridine rings is 1. The van der Waals surface area contributed by atoms with Gasteiger partial charge in [0, 0.05) is 28.9 Å². The summed E-state index contributed by atoms with van der Waals surface area (Å²) in [6.07, 6.45) is 4.33. The second kappa shape index (κ2) is 7.78. The minimum atomic E-state index is -4.78. The number of ether oxygens (including phenoxy) is 1. The largest absolute Gasteiger partial charge is 0.573 e. The number of benzene rings is 1. The van der Waals surface area contributed by atoms with Crippen molar-refractivity contribution in [3.8, 4) is 11.4 Å². The number of halogens is 4. The number of alkyl halides is 4. The maximum absolute atomic E-state index is 13.9. The molecule has 3 nitrogen and oxygen atoms in total. The molecule has 0 fully saturated rings. The second-order valence-electron chi connectivity index (χ2n) is 7.71. The molecule has 0 radical (unpaired) electrons. The van der Waals surface area contributed by atoms with E-state index in [0.29, 0.717) is 12.1 Å². The van der Waals surface area contributed by atoms with Crippen LogP contribution in [0.25, 0.3) is 11.3 Å². The van der Waals surface area contributed by atoms with Crippen molar-refractivity contribution in [3.63, 3.8) is 0 Å². The predicted octanol–water partition coefficient (Wildman–Crippen LogP) is 5.54. The molecular formula is C23H21F4NO2. The van der Waals surface area contributed by atoms with E-state index in [9.17, 15) is 22.4 Å². The fourth-order valence-electron chi connectivity index (χ4n) is 4.08. The first-order valence-corrected chi connectivity index (χ1v) is 9.91. The van der Waals surface area contributed by atoms with Gasteiger partial charge in [0.25, 0.3) is 5.56 Å². The zero-order valence-electron chi connectivity index (χ0n) is 16.4. The fourth-order valence-corrected chi connectivity index (χ4v) is 4.08. The van der Waals surface area contributed by atoms with Crippen LogP contribution in [0.1, 0.15) is 36.5 Å². The van der Waals surface area contributed by atoms with Crippen molar-refractivity contribution < 1.29 is 22.3 Å². The highest BCUT2D eigenvalue weighted by Gasteiger charge is 2.31. The second-order valence-corrected chi connectivity index (χ2v) is 7.71. The van der Waals surface area contributed by atoms with Crippen LogP contribution in [0.15, 0.2) is 53.5 Å². The van der Waals surface area contributed by atoms with E-state index >= 15 is 0 Å². The zero-order valence-corrected chi connectivity index (χ0v) is 16.4. The number of hydrogen-bond donors (Lipinski definition) is 0. The molecule has 2 atom stereocenters. The van der Waals surface area contributed by atoms with Gasteiger partial charge in [-0.1, -0.05) is 19.1 Å². The van der Waals surface area contributed by atoms with E-state index in [1.807, 2.05) is 6.08 Å². The minimum Gasteiger partial charge on any atom is -0.406 e. The highest BCUT2D eigenvalue weighted by Crippen LogP contribution is 2.32. The average Bonchev–Trinajstić information content (AvgIpc) is 2.70. The van der Waals surface area contributed by atoms with Crippen molar-refractivity contribution >= 4 is 5.57 Å². The Bertz CT molecular complexity index is 1060. The van der Waals surface area contributed by atoms with Crippen molar-refractivity contribution in [1.82, 2.24) is 4.57 Å². The monoisotopic (exact) mass is 419 g/mol. The van der Waals surface area contributed by atoms with Gasteiger partial charge >= 0.3 is 6.36 Å². The molecule has 0 saturated carbocycles. The Labute approximate surface area is 171 Å². The maximum atomic E-state index is 13.9. The lowest BCUT2D eigenvalue weighted by atomic mass is 9.84. The SMILES string of the molecule is CC1C=C(c2cn(-c3ccc(OC(F)(F)F)cc3)c(=O)c3c2CCCC3)C=CC1F. The summed E-state index contributed by atoms with van der Waals surface area (Å²) >= 11 is 0. The molecule has 0 bridgehead atoms. The van der Waals surface area contributed by atoms with E-state index in [0.717, 1.165) is 41.5 Å². The molecule has 7 heteroatoms. The number of fused-ring (bicyclic) bond motifs is 1. The quantitative estimate of drug-likeness (QED) is 0.612. The number of nitrogens with zero attached hydrogens (tertiary/aromatic N) is 1. The standard InChI is InChI=1S/C23H21F4NO2/c1-14-12-15(6-11-21(14)24)20-13-28(22(29)19-5-3-2-4-18(19)20)16-7-9-17(10-8-16)30-23(25,26)27/h6-14,21H,2-5H2,1H3. The van der Waals surface area contributed by atoms with E-state index in [1.165, 1.54) is 34.9 Å². The molecule has 0 spiro atoms. The maximum Gasteiger partial charge on any atom is 0.573 e. The molecule has 1 heterocycles. The molecule has 0 aliphatic heterocycles. The molecule has 1 aromatic carbocycles.